The van der Waals surface area contributed by atoms with Crippen molar-refractivity contribution < 1.29 is 4.79 Å². The molecule has 1 heterocycles. The van der Waals surface area contributed by atoms with Gasteiger partial charge in [-0.05, 0) is 37.8 Å². The van der Waals surface area contributed by atoms with Gasteiger partial charge in [0.05, 0.1) is 5.56 Å². The Morgan fingerprint density at radius 2 is 1.92 bits per heavy atom. The lowest BCUT2D eigenvalue weighted by atomic mass is 10.0. The van der Waals surface area contributed by atoms with Crippen molar-refractivity contribution in [1.82, 2.24) is 20.9 Å². The van der Waals surface area contributed by atoms with Gasteiger partial charge >= 0.3 is 0 Å². The average molecular weight is 447 g/mol. The van der Waals surface area contributed by atoms with Gasteiger partial charge in [-0.15, -0.1) is 24.0 Å². The van der Waals surface area contributed by atoms with Crippen LogP contribution in [-0.4, -0.2) is 43.0 Å². The molecular formula is C17H30IN5O. The average Bonchev–Trinajstić information content (AvgIpc) is 2.56. The van der Waals surface area contributed by atoms with E-state index < -0.39 is 0 Å². The minimum atomic E-state index is -0.117. The lowest BCUT2D eigenvalue weighted by Crippen LogP contribution is -2.44. The second kappa shape index (κ2) is 13.0. The fraction of sp³-hybridized carbons (Fsp3) is 0.588. The zero-order valence-electron chi connectivity index (χ0n) is 15.0. The van der Waals surface area contributed by atoms with Crippen LogP contribution in [-0.2, 0) is 0 Å². The number of rotatable bonds is 8. The molecule has 0 saturated carbocycles. The maximum absolute atomic E-state index is 11.9. The first-order valence-corrected chi connectivity index (χ1v) is 8.18. The van der Waals surface area contributed by atoms with Gasteiger partial charge in [0.25, 0.3) is 5.91 Å². The van der Waals surface area contributed by atoms with Crippen LogP contribution in [0.4, 0.5) is 0 Å². The second-order valence-electron chi connectivity index (χ2n) is 6.01. The number of aromatic nitrogens is 1. The predicted octanol–water partition coefficient (Wildman–Crippen LogP) is 2.42. The molecule has 1 atom stereocenters. The summed E-state index contributed by atoms with van der Waals surface area (Å²) in [4.78, 5) is 20.0. The van der Waals surface area contributed by atoms with Crippen molar-refractivity contribution in [3.8, 4) is 0 Å². The maximum Gasteiger partial charge on any atom is 0.252 e. The van der Waals surface area contributed by atoms with Crippen LogP contribution < -0.4 is 16.0 Å². The number of aliphatic imine (C=N–C) groups is 1. The maximum atomic E-state index is 11.9. The summed E-state index contributed by atoms with van der Waals surface area (Å²) in [5, 5.41) is 9.41. The molecule has 1 aromatic rings. The van der Waals surface area contributed by atoms with E-state index in [4.69, 9.17) is 0 Å². The Morgan fingerprint density at radius 1 is 1.21 bits per heavy atom. The van der Waals surface area contributed by atoms with E-state index in [1.165, 1.54) is 6.42 Å². The first kappa shape index (κ1) is 22.6. The van der Waals surface area contributed by atoms with Crippen molar-refractivity contribution in [2.24, 2.45) is 10.9 Å². The van der Waals surface area contributed by atoms with E-state index in [1.807, 2.05) is 0 Å². The molecule has 0 spiro atoms. The molecule has 0 aliphatic rings. The van der Waals surface area contributed by atoms with Crippen molar-refractivity contribution in [2.45, 2.75) is 39.7 Å². The highest BCUT2D eigenvalue weighted by molar-refractivity contribution is 14.0. The molecule has 0 bridgehead atoms. The van der Waals surface area contributed by atoms with Gasteiger partial charge < -0.3 is 16.0 Å². The van der Waals surface area contributed by atoms with Crippen molar-refractivity contribution in [2.75, 3.05) is 20.1 Å². The summed E-state index contributed by atoms with van der Waals surface area (Å²) in [6.45, 7) is 7.74. The Balaban J connectivity index is 0.00000529. The first-order valence-electron chi connectivity index (χ1n) is 8.18. The van der Waals surface area contributed by atoms with Crippen LogP contribution in [0.5, 0.6) is 0 Å². The van der Waals surface area contributed by atoms with Crippen LogP contribution in [0, 0.1) is 5.92 Å². The summed E-state index contributed by atoms with van der Waals surface area (Å²) in [5.41, 5.74) is 0.567. The Labute approximate surface area is 162 Å². The number of guanidine groups is 1. The van der Waals surface area contributed by atoms with Gasteiger partial charge in [-0.25, -0.2) is 0 Å². The van der Waals surface area contributed by atoms with Gasteiger partial charge in [-0.1, -0.05) is 13.8 Å². The van der Waals surface area contributed by atoms with Crippen molar-refractivity contribution >= 4 is 35.8 Å². The number of halogens is 1. The summed E-state index contributed by atoms with van der Waals surface area (Å²) in [7, 11) is 1.75. The molecule has 0 saturated heterocycles. The number of nitrogens with one attached hydrogen (secondary N) is 3. The normalized spacial score (nSPS) is 12.3. The van der Waals surface area contributed by atoms with Crippen LogP contribution in [0.1, 0.15) is 44.0 Å². The van der Waals surface area contributed by atoms with Gasteiger partial charge in [0.15, 0.2) is 5.96 Å². The lowest BCUT2D eigenvalue weighted by molar-refractivity contribution is 0.0954. The van der Waals surface area contributed by atoms with Gasteiger partial charge in [-0.3, -0.25) is 14.8 Å². The summed E-state index contributed by atoms with van der Waals surface area (Å²) in [6, 6.07) is 3.86. The van der Waals surface area contributed by atoms with E-state index in [9.17, 15) is 4.79 Å². The molecule has 136 valence electrons. The van der Waals surface area contributed by atoms with Gasteiger partial charge in [0.2, 0.25) is 0 Å². The zero-order chi connectivity index (χ0) is 17.1. The third kappa shape index (κ3) is 9.69. The molecule has 6 nitrogen and oxygen atoms in total. The molecule has 0 aliphatic heterocycles. The highest BCUT2D eigenvalue weighted by Gasteiger charge is 2.07. The Kier molecular flexibility index (Phi) is 12.2. The van der Waals surface area contributed by atoms with E-state index >= 15 is 0 Å². The van der Waals surface area contributed by atoms with E-state index in [-0.39, 0.29) is 29.9 Å². The minimum absolute atomic E-state index is 0. The van der Waals surface area contributed by atoms with E-state index in [1.54, 1.807) is 31.6 Å². The third-order valence-corrected chi connectivity index (χ3v) is 3.41. The fourth-order valence-electron chi connectivity index (χ4n) is 2.04. The van der Waals surface area contributed by atoms with E-state index in [0.29, 0.717) is 30.6 Å². The Morgan fingerprint density at radius 3 is 2.50 bits per heavy atom. The number of amides is 1. The largest absolute Gasteiger partial charge is 0.355 e. The monoisotopic (exact) mass is 447 g/mol. The first-order chi connectivity index (χ1) is 11.0. The molecule has 0 fully saturated rings. The number of carbonyl (C=O) groups is 1. The number of hydrogen-bond acceptors (Lipinski definition) is 3. The molecule has 1 unspecified atom stereocenters. The lowest BCUT2D eigenvalue weighted by Gasteiger charge is -2.18. The summed E-state index contributed by atoms with van der Waals surface area (Å²) in [5.74, 6) is 1.35. The number of nitrogens with zero attached hydrogens (tertiary/aromatic N) is 2. The Bertz CT molecular complexity index is 493. The molecule has 1 aromatic heterocycles. The molecule has 24 heavy (non-hydrogen) atoms. The van der Waals surface area contributed by atoms with Gasteiger partial charge in [0.1, 0.15) is 0 Å². The summed E-state index contributed by atoms with van der Waals surface area (Å²) >= 11 is 0. The Hall–Kier alpha value is -1.38. The SMILES string of the molecule is CN=C(NCCNC(=O)c1cccnc1)NC(C)CCC(C)C.I. The summed E-state index contributed by atoms with van der Waals surface area (Å²) < 4.78 is 0. The highest BCUT2D eigenvalue weighted by atomic mass is 127. The fourth-order valence-corrected chi connectivity index (χ4v) is 2.04. The molecule has 1 rings (SSSR count). The van der Waals surface area contributed by atoms with Gasteiger partial charge in [-0.2, -0.15) is 0 Å². The smallest absolute Gasteiger partial charge is 0.252 e. The molecule has 0 aromatic carbocycles. The molecule has 3 N–H and O–H groups in total. The van der Waals surface area contributed by atoms with E-state index in [0.717, 1.165) is 12.4 Å². The topological polar surface area (TPSA) is 78.4 Å². The van der Waals surface area contributed by atoms with Gasteiger partial charge in [0, 0.05) is 38.6 Å². The van der Waals surface area contributed by atoms with Crippen molar-refractivity contribution in [1.29, 1.82) is 0 Å². The minimum Gasteiger partial charge on any atom is -0.355 e. The number of pyridine rings is 1. The van der Waals surface area contributed by atoms with E-state index in [2.05, 4.69) is 46.7 Å². The third-order valence-electron chi connectivity index (χ3n) is 3.41. The second-order valence-corrected chi connectivity index (χ2v) is 6.01. The van der Waals surface area contributed by atoms with Crippen molar-refractivity contribution in [3.05, 3.63) is 30.1 Å². The number of hydrogen-bond donors (Lipinski definition) is 3. The number of carbonyl (C=O) groups excluding carboxylic acids is 1. The molecule has 7 heteroatoms. The van der Waals surface area contributed by atoms with Crippen molar-refractivity contribution in [3.63, 3.8) is 0 Å². The van der Waals surface area contributed by atoms with Crippen LogP contribution in [0.3, 0.4) is 0 Å². The predicted molar refractivity (Wildman–Crippen MR) is 110 cm³/mol. The quantitative estimate of drug-likeness (QED) is 0.248. The standard InChI is InChI=1S/C17H29N5O.HI/c1-13(2)7-8-14(3)22-17(18-4)21-11-10-20-16(23)15-6-5-9-19-12-15;/h5-6,9,12-14H,7-8,10-11H2,1-4H3,(H,20,23)(H2,18,21,22);1H. The highest BCUT2D eigenvalue weighted by Crippen LogP contribution is 2.06. The van der Waals surface area contributed by atoms with Crippen LogP contribution in [0.15, 0.2) is 29.5 Å². The molecular weight excluding hydrogens is 417 g/mol. The molecule has 0 aliphatic carbocycles. The van der Waals surface area contributed by atoms with Crippen LogP contribution in [0.25, 0.3) is 0 Å². The summed E-state index contributed by atoms with van der Waals surface area (Å²) in [6.07, 6.45) is 5.50. The zero-order valence-corrected chi connectivity index (χ0v) is 17.3. The van der Waals surface area contributed by atoms with Crippen LogP contribution >= 0.6 is 24.0 Å². The van der Waals surface area contributed by atoms with Crippen LogP contribution in [0.2, 0.25) is 0 Å². The molecule has 1 amide bonds. The molecule has 0 radical (unpaired) electrons.